The van der Waals surface area contributed by atoms with Crippen molar-refractivity contribution in [1.29, 1.82) is 0 Å². The summed E-state index contributed by atoms with van der Waals surface area (Å²) in [6.45, 7) is 2.89. The Morgan fingerprint density at radius 1 is 1.42 bits per heavy atom. The molecule has 6 heteroatoms. The Kier molecular flexibility index (Phi) is 3.99. The zero-order chi connectivity index (χ0) is 14.2. The molecule has 5 nitrogen and oxygen atoms in total. The Labute approximate surface area is 120 Å². The molecule has 0 spiro atoms. The van der Waals surface area contributed by atoms with Crippen LogP contribution in [-0.4, -0.2) is 39.5 Å². The number of carboxylic acid groups (broad SMARTS) is 1. The van der Waals surface area contributed by atoms with Crippen LogP contribution in [0, 0.1) is 11.8 Å². The molecule has 2 heterocycles. The van der Waals surface area contributed by atoms with Crippen LogP contribution in [0.4, 0.5) is 0 Å². The second-order valence-corrected chi connectivity index (χ2v) is 6.16. The van der Waals surface area contributed by atoms with E-state index in [1.54, 1.807) is 22.6 Å². The molecule has 1 aliphatic heterocycles. The van der Waals surface area contributed by atoms with Crippen molar-refractivity contribution in [2.24, 2.45) is 18.9 Å². The number of hydrogen-bond acceptors (Lipinski definition) is 2. The number of aliphatic carboxylic acids is 1. The van der Waals surface area contributed by atoms with Crippen molar-refractivity contribution >= 4 is 27.8 Å². The lowest BCUT2D eigenvalue weighted by Crippen LogP contribution is -2.46. The van der Waals surface area contributed by atoms with E-state index in [0.717, 1.165) is 4.47 Å². The van der Waals surface area contributed by atoms with E-state index in [2.05, 4.69) is 15.9 Å². The van der Waals surface area contributed by atoms with Crippen LogP contribution in [0.3, 0.4) is 0 Å². The van der Waals surface area contributed by atoms with Crippen molar-refractivity contribution < 1.29 is 14.7 Å². The lowest BCUT2D eigenvalue weighted by molar-refractivity contribution is -0.143. The molecule has 1 saturated heterocycles. The van der Waals surface area contributed by atoms with Gasteiger partial charge in [0, 0.05) is 30.8 Å². The summed E-state index contributed by atoms with van der Waals surface area (Å²) < 4.78 is 2.60. The van der Waals surface area contributed by atoms with Crippen molar-refractivity contribution in [3.05, 3.63) is 22.4 Å². The molecule has 1 aromatic heterocycles. The van der Waals surface area contributed by atoms with E-state index in [1.165, 1.54) is 0 Å². The van der Waals surface area contributed by atoms with Gasteiger partial charge in [0.1, 0.15) is 5.69 Å². The third-order valence-electron chi connectivity index (χ3n) is 3.49. The van der Waals surface area contributed by atoms with E-state index in [9.17, 15) is 9.59 Å². The zero-order valence-corrected chi connectivity index (χ0v) is 12.6. The Morgan fingerprint density at radius 3 is 2.63 bits per heavy atom. The van der Waals surface area contributed by atoms with Crippen molar-refractivity contribution in [2.45, 2.75) is 13.3 Å². The summed E-state index contributed by atoms with van der Waals surface area (Å²) >= 11 is 3.34. The smallest absolute Gasteiger partial charge is 0.308 e. The molecular weight excluding hydrogens is 312 g/mol. The summed E-state index contributed by atoms with van der Waals surface area (Å²) in [5.74, 6) is -1.18. The van der Waals surface area contributed by atoms with Gasteiger partial charge in [-0.15, -0.1) is 0 Å². The van der Waals surface area contributed by atoms with E-state index in [0.29, 0.717) is 25.2 Å². The SMILES string of the molecule is CC1CC(C(=O)O)CN(C(=O)c2cc(Br)cn2C)C1. The Hall–Kier alpha value is -1.30. The topological polar surface area (TPSA) is 62.5 Å². The minimum atomic E-state index is -0.822. The van der Waals surface area contributed by atoms with Crippen LogP contribution < -0.4 is 0 Å². The van der Waals surface area contributed by atoms with E-state index in [-0.39, 0.29) is 11.8 Å². The first-order valence-corrected chi connectivity index (χ1v) is 7.01. The first-order valence-electron chi connectivity index (χ1n) is 6.22. The van der Waals surface area contributed by atoms with Gasteiger partial charge in [-0.25, -0.2) is 0 Å². The number of piperidine rings is 1. The first kappa shape index (κ1) is 14.1. The van der Waals surface area contributed by atoms with Crippen molar-refractivity contribution in [2.75, 3.05) is 13.1 Å². The fraction of sp³-hybridized carbons (Fsp3) is 0.538. The van der Waals surface area contributed by atoms with Crippen molar-refractivity contribution in [3.8, 4) is 0 Å². The quantitative estimate of drug-likeness (QED) is 0.902. The van der Waals surface area contributed by atoms with Gasteiger partial charge in [0.05, 0.1) is 5.92 Å². The highest BCUT2D eigenvalue weighted by molar-refractivity contribution is 9.10. The van der Waals surface area contributed by atoms with Gasteiger partial charge in [-0.05, 0) is 34.3 Å². The molecule has 1 fully saturated rings. The van der Waals surface area contributed by atoms with E-state index in [1.807, 2.05) is 13.1 Å². The predicted molar refractivity (Wildman–Crippen MR) is 73.9 cm³/mol. The Balaban J connectivity index is 2.18. The van der Waals surface area contributed by atoms with Crippen LogP contribution >= 0.6 is 15.9 Å². The van der Waals surface area contributed by atoms with Crippen molar-refractivity contribution in [3.63, 3.8) is 0 Å². The summed E-state index contributed by atoms with van der Waals surface area (Å²) in [6, 6.07) is 1.76. The van der Waals surface area contributed by atoms with Gasteiger partial charge in [-0.3, -0.25) is 9.59 Å². The second-order valence-electron chi connectivity index (χ2n) is 5.24. The van der Waals surface area contributed by atoms with E-state index >= 15 is 0 Å². The van der Waals surface area contributed by atoms with Crippen LogP contribution in [-0.2, 0) is 11.8 Å². The molecule has 1 aromatic rings. The van der Waals surface area contributed by atoms with Gasteiger partial charge in [0.15, 0.2) is 0 Å². The summed E-state index contributed by atoms with van der Waals surface area (Å²) in [7, 11) is 1.81. The minimum absolute atomic E-state index is 0.106. The summed E-state index contributed by atoms with van der Waals surface area (Å²) in [5.41, 5.74) is 0.574. The maximum absolute atomic E-state index is 12.4. The standard InChI is InChI=1S/C13H17BrN2O3/c1-8-3-9(13(18)19)6-16(5-8)12(17)11-4-10(14)7-15(11)2/h4,7-9H,3,5-6H2,1-2H3,(H,18,19). The number of carbonyl (C=O) groups is 2. The molecule has 1 N–H and O–H groups in total. The Morgan fingerprint density at radius 2 is 2.11 bits per heavy atom. The van der Waals surface area contributed by atoms with Crippen LogP contribution in [0.2, 0.25) is 0 Å². The summed E-state index contributed by atoms with van der Waals surface area (Å²) in [4.78, 5) is 25.2. The highest BCUT2D eigenvalue weighted by Gasteiger charge is 2.32. The monoisotopic (exact) mass is 328 g/mol. The molecule has 0 saturated carbocycles. The van der Waals surface area contributed by atoms with Gasteiger partial charge in [-0.1, -0.05) is 6.92 Å². The molecule has 2 unspecified atom stereocenters. The number of amides is 1. The third-order valence-corrected chi connectivity index (χ3v) is 3.92. The average Bonchev–Trinajstić information content (AvgIpc) is 2.66. The summed E-state index contributed by atoms with van der Waals surface area (Å²) in [5, 5.41) is 9.13. The number of hydrogen-bond donors (Lipinski definition) is 1. The molecule has 104 valence electrons. The third kappa shape index (κ3) is 3.00. The number of aryl methyl sites for hydroxylation is 1. The Bertz CT molecular complexity index is 512. The molecule has 19 heavy (non-hydrogen) atoms. The molecule has 0 aliphatic carbocycles. The lowest BCUT2D eigenvalue weighted by atomic mass is 9.90. The number of carbonyl (C=O) groups excluding carboxylic acids is 1. The number of likely N-dealkylation sites (tertiary alicyclic amines) is 1. The normalized spacial score (nSPS) is 23.4. The lowest BCUT2D eigenvalue weighted by Gasteiger charge is -2.34. The molecule has 0 aromatic carbocycles. The summed E-state index contributed by atoms with van der Waals surface area (Å²) in [6.07, 6.45) is 2.45. The first-order chi connectivity index (χ1) is 8.88. The van der Waals surface area contributed by atoms with Crippen LogP contribution in [0.15, 0.2) is 16.7 Å². The molecule has 1 aliphatic rings. The molecule has 1 amide bonds. The molecule has 0 bridgehead atoms. The van der Waals surface area contributed by atoms with E-state index < -0.39 is 11.9 Å². The highest BCUT2D eigenvalue weighted by Crippen LogP contribution is 2.24. The number of aromatic nitrogens is 1. The number of carboxylic acids is 1. The van der Waals surface area contributed by atoms with Crippen LogP contribution in [0.25, 0.3) is 0 Å². The number of nitrogens with zero attached hydrogens (tertiary/aromatic N) is 2. The number of halogens is 1. The number of rotatable bonds is 2. The van der Waals surface area contributed by atoms with E-state index in [4.69, 9.17) is 5.11 Å². The average molecular weight is 329 g/mol. The maximum Gasteiger partial charge on any atom is 0.308 e. The fourth-order valence-electron chi connectivity index (χ4n) is 2.60. The minimum Gasteiger partial charge on any atom is -0.481 e. The molecular formula is C13H17BrN2O3. The van der Waals surface area contributed by atoms with Crippen LogP contribution in [0.1, 0.15) is 23.8 Å². The van der Waals surface area contributed by atoms with Gasteiger partial charge in [0.25, 0.3) is 5.91 Å². The maximum atomic E-state index is 12.4. The van der Waals surface area contributed by atoms with Gasteiger partial charge < -0.3 is 14.6 Å². The molecule has 0 radical (unpaired) electrons. The van der Waals surface area contributed by atoms with Crippen molar-refractivity contribution in [1.82, 2.24) is 9.47 Å². The largest absolute Gasteiger partial charge is 0.481 e. The molecule has 2 rings (SSSR count). The van der Waals surface area contributed by atoms with Crippen LogP contribution in [0.5, 0.6) is 0 Å². The second kappa shape index (κ2) is 5.36. The predicted octanol–water partition coefficient (Wildman–Crippen LogP) is 1.97. The fourth-order valence-corrected chi connectivity index (χ4v) is 3.12. The zero-order valence-electron chi connectivity index (χ0n) is 11.0. The molecule has 2 atom stereocenters. The van der Waals surface area contributed by atoms with Gasteiger partial charge >= 0.3 is 5.97 Å². The highest BCUT2D eigenvalue weighted by atomic mass is 79.9. The van der Waals surface area contributed by atoms with Gasteiger partial charge in [-0.2, -0.15) is 0 Å². The van der Waals surface area contributed by atoms with Gasteiger partial charge in [0.2, 0.25) is 0 Å².